The van der Waals surface area contributed by atoms with Gasteiger partial charge in [0.1, 0.15) is 0 Å². The van der Waals surface area contributed by atoms with Crippen molar-refractivity contribution in [3.8, 4) is 0 Å². The third-order valence-electron chi connectivity index (χ3n) is 6.99. The van der Waals surface area contributed by atoms with Crippen molar-refractivity contribution in [3.63, 3.8) is 0 Å². The van der Waals surface area contributed by atoms with Crippen LogP contribution in [0.15, 0.2) is 65.6 Å². The summed E-state index contributed by atoms with van der Waals surface area (Å²) in [5, 5.41) is 1.76. The van der Waals surface area contributed by atoms with Crippen LogP contribution >= 0.6 is 0 Å². The van der Waals surface area contributed by atoms with Crippen LogP contribution in [0.25, 0.3) is 10.8 Å². The molecule has 0 saturated carbocycles. The van der Waals surface area contributed by atoms with Crippen LogP contribution in [0, 0.1) is 0 Å². The number of nitrogens with zero attached hydrogens (tertiary/aromatic N) is 2. The number of hydrogen-bond donors (Lipinski definition) is 0. The summed E-state index contributed by atoms with van der Waals surface area (Å²) in [6, 6.07) is 20.5. The summed E-state index contributed by atoms with van der Waals surface area (Å²) in [6.45, 7) is 4.99. The molecule has 1 aliphatic heterocycles. The zero-order valence-corrected chi connectivity index (χ0v) is 18.9. The summed E-state index contributed by atoms with van der Waals surface area (Å²) in [7, 11) is -3.52. The van der Waals surface area contributed by atoms with Crippen LogP contribution in [-0.2, 0) is 22.9 Å². The number of hydrogen-bond acceptors (Lipinski definition) is 3. The fourth-order valence-corrected chi connectivity index (χ4v) is 7.18. The van der Waals surface area contributed by atoms with E-state index in [0.717, 1.165) is 36.7 Å². The van der Waals surface area contributed by atoms with E-state index in [4.69, 9.17) is 0 Å². The van der Waals surface area contributed by atoms with Crippen molar-refractivity contribution in [3.05, 3.63) is 77.4 Å². The van der Waals surface area contributed by atoms with Crippen molar-refractivity contribution < 1.29 is 8.42 Å². The Labute approximate surface area is 185 Å². The van der Waals surface area contributed by atoms with Gasteiger partial charge in [-0.1, -0.05) is 61.5 Å². The molecule has 31 heavy (non-hydrogen) atoms. The third kappa shape index (κ3) is 3.69. The molecule has 1 aliphatic carbocycles. The molecule has 0 N–H and O–H groups in total. The van der Waals surface area contributed by atoms with Gasteiger partial charge in [0.2, 0.25) is 10.0 Å². The maximum absolute atomic E-state index is 13.5. The molecular weight excluding hydrogens is 404 g/mol. The predicted molar refractivity (Wildman–Crippen MR) is 126 cm³/mol. The highest BCUT2D eigenvalue weighted by Gasteiger charge is 2.33. The van der Waals surface area contributed by atoms with Gasteiger partial charge >= 0.3 is 0 Å². The molecule has 0 saturated heterocycles. The molecule has 1 heterocycles. The number of fused-ring (bicyclic) bond motifs is 1. The first kappa shape index (κ1) is 20.7. The molecular formula is C26H30N2O2S. The number of rotatable bonds is 7. The average Bonchev–Trinajstić information content (AvgIpc) is 3.23. The van der Waals surface area contributed by atoms with Crippen molar-refractivity contribution in [2.75, 3.05) is 26.2 Å². The van der Waals surface area contributed by atoms with Gasteiger partial charge in [0.15, 0.2) is 0 Å². The van der Waals surface area contributed by atoms with Gasteiger partial charge < -0.3 is 0 Å². The highest BCUT2D eigenvalue weighted by atomic mass is 32.2. The van der Waals surface area contributed by atoms with Gasteiger partial charge in [0.05, 0.1) is 4.90 Å². The van der Waals surface area contributed by atoms with Gasteiger partial charge in [-0.2, -0.15) is 4.31 Å². The van der Waals surface area contributed by atoms with Crippen LogP contribution in [-0.4, -0.2) is 43.8 Å². The number of benzene rings is 3. The molecule has 0 radical (unpaired) electrons. The topological polar surface area (TPSA) is 40.6 Å². The van der Waals surface area contributed by atoms with Crippen LogP contribution in [0.5, 0.6) is 0 Å². The largest absolute Gasteiger partial charge is 0.296 e. The second-order valence-corrected chi connectivity index (χ2v) is 10.6. The van der Waals surface area contributed by atoms with Gasteiger partial charge in [-0.05, 0) is 53.8 Å². The van der Waals surface area contributed by atoms with E-state index in [-0.39, 0.29) is 0 Å². The molecule has 0 spiro atoms. The first-order chi connectivity index (χ1) is 15.1. The highest BCUT2D eigenvalue weighted by molar-refractivity contribution is 7.89. The lowest BCUT2D eigenvalue weighted by molar-refractivity contribution is 0.179. The standard InChI is InChI=1S/C26H30N2O2S/c1-2-28(31(29,30)25-13-6-9-20-8-3-4-12-23(20)25)18-7-17-27-19-16-22-11-5-10-21-14-15-24(27)26(21)22/h3-6,8-13,24H,2,7,14-19H2,1H3/t24-/m1/s1. The van der Waals surface area contributed by atoms with E-state index in [2.05, 4.69) is 23.1 Å². The van der Waals surface area contributed by atoms with Gasteiger partial charge in [0.25, 0.3) is 0 Å². The minimum absolute atomic E-state index is 0.416. The quantitative estimate of drug-likeness (QED) is 0.537. The van der Waals surface area contributed by atoms with Crippen LogP contribution in [0.1, 0.15) is 42.5 Å². The molecule has 162 valence electrons. The van der Waals surface area contributed by atoms with Crippen molar-refractivity contribution >= 4 is 20.8 Å². The maximum Gasteiger partial charge on any atom is 0.243 e. The zero-order valence-electron chi connectivity index (χ0n) is 18.1. The van der Waals surface area contributed by atoms with Crippen molar-refractivity contribution in [1.82, 2.24) is 9.21 Å². The van der Waals surface area contributed by atoms with Crippen LogP contribution in [0.3, 0.4) is 0 Å². The molecule has 0 amide bonds. The van der Waals surface area contributed by atoms with E-state index in [9.17, 15) is 8.42 Å². The van der Waals surface area contributed by atoms with E-state index in [1.165, 1.54) is 24.0 Å². The summed E-state index contributed by atoms with van der Waals surface area (Å²) in [6.07, 6.45) is 4.32. The SMILES string of the molecule is CCN(CCCN1CCc2cccc3c2[C@H]1CC3)S(=O)(=O)c1cccc2ccccc12. The Balaban J connectivity index is 1.30. The van der Waals surface area contributed by atoms with Crippen LogP contribution in [0.4, 0.5) is 0 Å². The molecule has 0 bridgehead atoms. The monoisotopic (exact) mass is 434 g/mol. The fourth-order valence-electron chi connectivity index (χ4n) is 5.48. The Kier molecular flexibility index (Phi) is 5.59. The maximum atomic E-state index is 13.5. The lowest BCUT2D eigenvalue weighted by atomic mass is 9.93. The summed E-state index contributed by atoms with van der Waals surface area (Å²) in [5.74, 6) is 0. The van der Waals surface area contributed by atoms with E-state index < -0.39 is 10.0 Å². The van der Waals surface area contributed by atoms with Gasteiger partial charge in [-0.3, -0.25) is 4.90 Å². The minimum atomic E-state index is -3.52. The van der Waals surface area contributed by atoms with Crippen LogP contribution < -0.4 is 0 Å². The Morgan fingerprint density at radius 1 is 0.968 bits per heavy atom. The summed E-state index contributed by atoms with van der Waals surface area (Å²) in [5.41, 5.74) is 4.59. The number of aryl methyl sites for hydroxylation is 1. The molecule has 2 aliphatic rings. The second kappa shape index (κ2) is 8.38. The lowest BCUT2D eigenvalue weighted by Crippen LogP contribution is -2.38. The molecule has 4 nitrogen and oxygen atoms in total. The Hall–Kier alpha value is -2.21. The normalized spacial score (nSPS) is 18.6. The minimum Gasteiger partial charge on any atom is -0.296 e. The molecule has 5 rings (SSSR count). The van der Waals surface area contributed by atoms with Gasteiger partial charge in [0, 0.05) is 37.6 Å². The Morgan fingerprint density at radius 3 is 2.55 bits per heavy atom. The molecule has 0 unspecified atom stereocenters. The van der Waals surface area contributed by atoms with Crippen LogP contribution in [0.2, 0.25) is 0 Å². The van der Waals surface area contributed by atoms with Gasteiger partial charge in [-0.15, -0.1) is 0 Å². The van der Waals surface area contributed by atoms with Crippen molar-refractivity contribution in [2.24, 2.45) is 0 Å². The summed E-state index contributed by atoms with van der Waals surface area (Å²) < 4.78 is 28.6. The Bertz CT molecular complexity index is 1200. The molecule has 3 aromatic carbocycles. The molecule has 5 heteroatoms. The Morgan fingerprint density at radius 2 is 1.71 bits per heavy atom. The van der Waals surface area contributed by atoms with Crippen molar-refractivity contribution in [2.45, 2.75) is 43.5 Å². The van der Waals surface area contributed by atoms with E-state index >= 15 is 0 Å². The highest BCUT2D eigenvalue weighted by Crippen LogP contribution is 2.41. The molecule has 0 aromatic heterocycles. The predicted octanol–water partition coefficient (Wildman–Crippen LogP) is 4.79. The molecule has 1 atom stereocenters. The average molecular weight is 435 g/mol. The van der Waals surface area contributed by atoms with Gasteiger partial charge in [-0.25, -0.2) is 8.42 Å². The summed E-state index contributed by atoms with van der Waals surface area (Å²) >= 11 is 0. The van der Waals surface area contributed by atoms with E-state index in [0.29, 0.717) is 24.0 Å². The van der Waals surface area contributed by atoms with E-state index in [1.807, 2.05) is 43.3 Å². The second-order valence-electron chi connectivity index (χ2n) is 8.66. The first-order valence-corrected chi connectivity index (χ1v) is 12.9. The first-order valence-electron chi connectivity index (χ1n) is 11.4. The fraction of sp³-hybridized carbons (Fsp3) is 0.385. The zero-order chi connectivity index (χ0) is 21.4. The number of sulfonamides is 1. The smallest absolute Gasteiger partial charge is 0.243 e. The molecule has 0 fully saturated rings. The van der Waals surface area contributed by atoms with E-state index in [1.54, 1.807) is 15.9 Å². The molecule has 3 aromatic rings. The van der Waals surface area contributed by atoms with Crippen molar-refractivity contribution in [1.29, 1.82) is 0 Å². The third-order valence-corrected chi connectivity index (χ3v) is 9.02. The lowest BCUT2D eigenvalue weighted by Gasteiger charge is -2.35. The summed E-state index contributed by atoms with van der Waals surface area (Å²) in [4.78, 5) is 3.00.